The maximum Gasteiger partial charge on any atom is 0.422 e. The van der Waals surface area contributed by atoms with Gasteiger partial charge >= 0.3 is 11.7 Å². The molecule has 0 aliphatic carbocycles. The molecule has 0 heterocycles. The second-order valence-electron chi connectivity index (χ2n) is 5.26. The second-order valence-corrected chi connectivity index (χ2v) is 5.26. The lowest BCUT2D eigenvalue weighted by atomic mass is 10.1. The summed E-state index contributed by atoms with van der Waals surface area (Å²) in [6.45, 7) is 0.228. The molecule has 0 saturated carbocycles. The number of benzene rings is 2. The highest BCUT2D eigenvalue weighted by Gasteiger charge is 2.23. The van der Waals surface area contributed by atoms with Gasteiger partial charge in [-0.15, -0.1) is 0 Å². The minimum absolute atomic E-state index is 0.0893. The summed E-state index contributed by atoms with van der Waals surface area (Å²) < 4.78 is 5.19. The molecule has 2 rings (SSSR count). The summed E-state index contributed by atoms with van der Waals surface area (Å²) in [6, 6.07) is 16.8. The number of hydrogen-bond donors (Lipinski definition) is 0. The number of anilines is 1. The lowest BCUT2D eigenvalue weighted by molar-refractivity contribution is -0.139. The van der Waals surface area contributed by atoms with Crippen molar-refractivity contribution in [3.63, 3.8) is 0 Å². The monoisotopic (exact) mass is 309 g/mol. The van der Waals surface area contributed by atoms with E-state index in [0.717, 1.165) is 11.3 Å². The molecule has 5 nitrogen and oxygen atoms in total. The molecular weight excluding hydrogens is 290 g/mol. The van der Waals surface area contributed by atoms with Crippen molar-refractivity contribution in [1.29, 1.82) is 0 Å². The maximum atomic E-state index is 12.0. The van der Waals surface area contributed by atoms with Crippen LogP contribution < -0.4 is 4.90 Å². The summed E-state index contributed by atoms with van der Waals surface area (Å²) in [5.74, 6) is -0.636. The Hall–Kier alpha value is -2.91. The predicted molar refractivity (Wildman–Crippen MR) is 89.6 cm³/mol. The number of nitrogens with zero attached hydrogens (tertiary/aromatic N) is 3. The van der Waals surface area contributed by atoms with E-state index in [2.05, 4.69) is 4.79 Å². The van der Waals surface area contributed by atoms with E-state index >= 15 is 0 Å². The van der Waals surface area contributed by atoms with Crippen LogP contribution in [0.3, 0.4) is 0 Å². The molecule has 0 unspecified atom stereocenters. The summed E-state index contributed by atoms with van der Waals surface area (Å²) in [6.07, 6.45) is 0.604. The number of ether oxygens (including phenoxy) is 1. The van der Waals surface area contributed by atoms with Gasteiger partial charge in [-0.2, -0.15) is 4.79 Å². The van der Waals surface area contributed by atoms with E-state index in [9.17, 15) is 4.79 Å². The van der Waals surface area contributed by atoms with E-state index in [0.29, 0.717) is 12.0 Å². The highest BCUT2D eigenvalue weighted by molar-refractivity contribution is 6.40. The molecule has 118 valence electrons. The smallest absolute Gasteiger partial charge is 0.422 e. The number of esters is 1. The van der Waals surface area contributed by atoms with Crippen LogP contribution in [0.1, 0.15) is 11.1 Å². The van der Waals surface area contributed by atoms with Crippen LogP contribution in [0, 0.1) is 0 Å². The van der Waals surface area contributed by atoms with Crippen LogP contribution >= 0.6 is 0 Å². The molecule has 0 aliphatic heterocycles. The summed E-state index contributed by atoms with van der Waals surface area (Å²) >= 11 is 0. The van der Waals surface area contributed by atoms with Crippen molar-refractivity contribution in [2.24, 2.45) is 0 Å². The Kier molecular flexibility index (Phi) is 5.67. The number of carbonyl (C=O) groups is 1. The highest BCUT2D eigenvalue weighted by atomic mass is 16.5. The fourth-order valence-corrected chi connectivity index (χ4v) is 2.10. The van der Waals surface area contributed by atoms with Crippen LogP contribution in [-0.4, -0.2) is 37.2 Å². The largest absolute Gasteiger partial charge is 0.456 e. The second kappa shape index (κ2) is 7.92. The molecule has 2 aromatic carbocycles. The van der Waals surface area contributed by atoms with E-state index in [-0.39, 0.29) is 12.3 Å². The standard InChI is InChI=1S/C18H19N3O2/c1-21(2)16-10-8-14(9-11-16)12-13-23-18(22)17(20-19)15-6-4-3-5-7-15/h3-11H,12-13H2,1-2H3. The van der Waals surface area contributed by atoms with E-state index in [1.807, 2.05) is 49.3 Å². The van der Waals surface area contributed by atoms with E-state index < -0.39 is 5.97 Å². The molecule has 0 amide bonds. The third-order valence-electron chi connectivity index (χ3n) is 3.42. The van der Waals surface area contributed by atoms with Gasteiger partial charge < -0.3 is 15.2 Å². The fourth-order valence-electron chi connectivity index (χ4n) is 2.10. The number of carbonyl (C=O) groups excluding carboxylic acids is 1. The van der Waals surface area contributed by atoms with Crippen LogP contribution in [0.25, 0.3) is 5.53 Å². The topological polar surface area (TPSA) is 65.9 Å². The van der Waals surface area contributed by atoms with Crippen molar-refractivity contribution >= 4 is 17.4 Å². The zero-order chi connectivity index (χ0) is 16.7. The van der Waals surface area contributed by atoms with Gasteiger partial charge in [-0.1, -0.05) is 30.3 Å². The van der Waals surface area contributed by atoms with Crippen molar-refractivity contribution in [3.8, 4) is 0 Å². The first-order chi connectivity index (χ1) is 11.1. The molecule has 2 aromatic rings. The van der Waals surface area contributed by atoms with Gasteiger partial charge in [-0.3, -0.25) is 0 Å². The third kappa shape index (κ3) is 4.53. The first-order valence-electron chi connectivity index (χ1n) is 7.32. The van der Waals surface area contributed by atoms with Crippen molar-refractivity contribution < 1.29 is 14.3 Å². The Morgan fingerprint density at radius 1 is 1.09 bits per heavy atom. The van der Waals surface area contributed by atoms with Gasteiger partial charge in [0.25, 0.3) is 0 Å². The molecule has 23 heavy (non-hydrogen) atoms. The third-order valence-corrected chi connectivity index (χ3v) is 3.42. The Morgan fingerprint density at radius 3 is 2.30 bits per heavy atom. The van der Waals surface area contributed by atoms with Gasteiger partial charge in [0.05, 0.1) is 12.2 Å². The zero-order valence-electron chi connectivity index (χ0n) is 13.3. The van der Waals surface area contributed by atoms with Crippen LogP contribution in [0.2, 0.25) is 0 Å². The van der Waals surface area contributed by atoms with Gasteiger partial charge in [0, 0.05) is 26.2 Å². The average Bonchev–Trinajstić information content (AvgIpc) is 2.57. The molecule has 5 heteroatoms. The lowest BCUT2D eigenvalue weighted by Crippen LogP contribution is -2.21. The van der Waals surface area contributed by atoms with Gasteiger partial charge in [0.1, 0.15) is 0 Å². The molecule has 0 atom stereocenters. The fraction of sp³-hybridized carbons (Fsp3) is 0.222. The van der Waals surface area contributed by atoms with Crippen LogP contribution in [0.5, 0.6) is 0 Å². The van der Waals surface area contributed by atoms with Crippen molar-refractivity contribution in [2.75, 3.05) is 25.6 Å². The zero-order valence-corrected chi connectivity index (χ0v) is 13.3. The average molecular weight is 309 g/mol. The summed E-state index contributed by atoms with van der Waals surface area (Å²) in [4.78, 5) is 17.1. The van der Waals surface area contributed by atoms with Crippen LogP contribution in [0.15, 0.2) is 54.6 Å². The van der Waals surface area contributed by atoms with Gasteiger partial charge in [0.2, 0.25) is 0 Å². The van der Waals surface area contributed by atoms with Crippen LogP contribution in [-0.2, 0) is 16.0 Å². The Bertz CT molecular complexity index is 703. The van der Waals surface area contributed by atoms with Gasteiger partial charge in [0.15, 0.2) is 0 Å². The normalized spacial score (nSPS) is 9.83. The molecule has 0 aliphatic rings. The Labute approximate surface area is 135 Å². The highest BCUT2D eigenvalue weighted by Crippen LogP contribution is 2.12. The molecule has 0 fully saturated rings. The molecule has 0 radical (unpaired) electrons. The summed E-state index contributed by atoms with van der Waals surface area (Å²) in [5.41, 5.74) is 11.7. The maximum absolute atomic E-state index is 12.0. The molecular formula is C18H19N3O2. The van der Waals surface area contributed by atoms with E-state index in [1.165, 1.54) is 0 Å². The Morgan fingerprint density at radius 2 is 1.74 bits per heavy atom. The van der Waals surface area contributed by atoms with Crippen molar-refractivity contribution in [1.82, 2.24) is 0 Å². The molecule has 0 N–H and O–H groups in total. The first kappa shape index (κ1) is 16.5. The minimum Gasteiger partial charge on any atom is -0.456 e. The minimum atomic E-state index is -0.636. The predicted octanol–water partition coefficient (Wildman–Crippen LogP) is 2.56. The summed E-state index contributed by atoms with van der Waals surface area (Å²) in [5, 5.41) is 0. The quantitative estimate of drug-likeness (QED) is 0.356. The molecule has 0 bridgehead atoms. The van der Waals surface area contributed by atoms with Crippen molar-refractivity contribution in [2.45, 2.75) is 6.42 Å². The first-order valence-corrected chi connectivity index (χ1v) is 7.32. The number of rotatable bonds is 6. The summed E-state index contributed by atoms with van der Waals surface area (Å²) in [7, 11) is 3.96. The molecule has 0 aromatic heterocycles. The van der Waals surface area contributed by atoms with Crippen molar-refractivity contribution in [3.05, 3.63) is 71.3 Å². The lowest BCUT2D eigenvalue weighted by Gasteiger charge is -2.12. The number of hydrogen-bond acceptors (Lipinski definition) is 3. The molecule has 0 spiro atoms. The van der Waals surface area contributed by atoms with E-state index in [4.69, 9.17) is 10.3 Å². The molecule has 0 saturated heterocycles. The van der Waals surface area contributed by atoms with E-state index in [1.54, 1.807) is 24.3 Å². The SMILES string of the molecule is CN(C)c1ccc(CCOC(=O)C(=[N+]=[N-])c2ccccc2)cc1. The Balaban J connectivity index is 1.90. The van der Waals surface area contributed by atoms with Crippen LogP contribution in [0.4, 0.5) is 5.69 Å². The van der Waals surface area contributed by atoms with Gasteiger partial charge in [-0.05, 0) is 29.8 Å². The van der Waals surface area contributed by atoms with Gasteiger partial charge in [-0.25, -0.2) is 4.79 Å².